The van der Waals surface area contributed by atoms with Gasteiger partial charge in [0.2, 0.25) is 0 Å². The molecule has 0 radical (unpaired) electrons. The van der Waals surface area contributed by atoms with E-state index < -0.39 is 5.82 Å². The van der Waals surface area contributed by atoms with Gasteiger partial charge in [0, 0.05) is 38.3 Å². The minimum absolute atomic E-state index is 0.133. The molecule has 0 atom stereocenters. The molecule has 1 aliphatic heterocycles. The maximum Gasteiger partial charge on any atom is 0.317 e. The molecule has 6 nitrogen and oxygen atoms in total. The van der Waals surface area contributed by atoms with Gasteiger partial charge in [0.25, 0.3) is 0 Å². The number of halogens is 2. The fraction of sp³-hybridized carbons (Fsp3) is 0.391. The Kier molecular flexibility index (Phi) is 7.81. The number of hydrogen-bond donors (Lipinski definition) is 1. The molecule has 3 rings (SSSR count). The van der Waals surface area contributed by atoms with E-state index in [2.05, 4.69) is 5.32 Å². The van der Waals surface area contributed by atoms with Crippen LogP contribution in [0.5, 0.6) is 5.75 Å². The van der Waals surface area contributed by atoms with E-state index >= 15 is 0 Å². The lowest BCUT2D eigenvalue weighted by molar-refractivity contribution is 0.101. The highest BCUT2D eigenvalue weighted by Gasteiger charge is 2.22. The van der Waals surface area contributed by atoms with Crippen molar-refractivity contribution in [2.45, 2.75) is 19.8 Å². The molecule has 1 fully saturated rings. The summed E-state index contributed by atoms with van der Waals surface area (Å²) in [6.07, 6.45) is 1.53. The zero-order valence-corrected chi connectivity index (χ0v) is 17.6. The molecule has 2 amide bonds. The second-order valence-electron chi connectivity index (χ2n) is 7.44. The van der Waals surface area contributed by atoms with Crippen LogP contribution in [0.25, 0.3) is 0 Å². The van der Waals surface area contributed by atoms with E-state index in [0.29, 0.717) is 56.3 Å². The third-order valence-electron chi connectivity index (χ3n) is 5.19. The second-order valence-corrected chi connectivity index (χ2v) is 7.44. The zero-order valence-electron chi connectivity index (χ0n) is 17.6. The van der Waals surface area contributed by atoms with Crippen molar-refractivity contribution in [1.29, 1.82) is 0 Å². The van der Waals surface area contributed by atoms with Gasteiger partial charge < -0.3 is 19.9 Å². The van der Waals surface area contributed by atoms with Gasteiger partial charge in [-0.15, -0.1) is 0 Å². The molecular formula is C23H27F2N3O3. The molecule has 0 spiro atoms. The summed E-state index contributed by atoms with van der Waals surface area (Å²) >= 11 is 0. The smallest absolute Gasteiger partial charge is 0.317 e. The number of amides is 2. The van der Waals surface area contributed by atoms with Crippen LogP contribution in [0.3, 0.4) is 0 Å². The predicted octanol–water partition coefficient (Wildman–Crippen LogP) is 3.86. The Morgan fingerprint density at radius 1 is 1.00 bits per heavy atom. The van der Waals surface area contributed by atoms with Gasteiger partial charge in [-0.25, -0.2) is 13.6 Å². The first-order chi connectivity index (χ1) is 14.9. The zero-order chi connectivity index (χ0) is 22.2. The van der Waals surface area contributed by atoms with Crippen LogP contribution >= 0.6 is 0 Å². The van der Waals surface area contributed by atoms with Crippen molar-refractivity contribution in [2.24, 2.45) is 0 Å². The van der Waals surface area contributed by atoms with Crippen molar-refractivity contribution >= 4 is 17.5 Å². The molecule has 0 aliphatic carbocycles. The maximum absolute atomic E-state index is 14.3. The molecule has 2 aromatic carbocycles. The van der Waals surface area contributed by atoms with E-state index in [9.17, 15) is 18.4 Å². The van der Waals surface area contributed by atoms with Gasteiger partial charge in [0.1, 0.15) is 17.4 Å². The number of nitrogens with zero attached hydrogens (tertiary/aromatic N) is 2. The molecule has 0 unspecified atom stereocenters. The number of anilines is 1. The number of piperazine rings is 1. The maximum atomic E-state index is 14.3. The number of carbonyl (C=O) groups is 2. The molecule has 0 bridgehead atoms. The SMILES string of the molecule is CC(=O)c1ccc(N2CCN(C(=O)NCCCCOc3ccc(F)cc3)CC2)c(F)c1. The lowest BCUT2D eigenvalue weighted by Gasteiger charge is -2.36. The van der Waals surface area contributed by atoms with Crippen LogP contribution in [-0.4, -0.2) is 56.0 Å². The molecule has 166 valence electrons. The largest absolute Gasteiger partial charge is 0.494 e. The quantitative estimate of drug-likeness (QED) is 0.509. The van der Waals surface area contributed by atoms with Crippen molar-refractivity contribution in [2.75, 3.05) is 44.2 Å². The molecule has 1 saturated heterocycles. The van der Waals surface area contributed by atoms with Gasteiger partial charge in [-0.05, 0) is 62.2 Å². The Bertz CT molecular complexity index is 897. The Morgan fingerprint density at radius 2 is 1.71 bits per heavy atom. The summed E-state index contributed by atoms with van der Waals surface area (Å²) in [5, 5.41) is 2.90. The first-order valence-electron chi connectivity index (χ1n) is 10.4. The highest BCUT2D eigenvalue weighted by atomic mass is 19.1. The predicted molar refractivity (Wildman–Crippen MR) is 115 cm³/mol. The number of carbonyl (C=O) groups excluding carboxylic acids is 2. The van der Waals surface area contributed by atoms with Gasteiger partial charge >= 0.3 is 6.03 Å². The van der Waals surface area contributed by atoms with Gasteiger partial charge in [0.15, 0.2) is 5.78 Å². The number of unbranched alkanes of at least 4 members (excludes halogenated alkanes) is 1. The molecule has 1 heterocycles. The number of nitrogens with one attached hydrogen (secondary N) is 1. The van der Waals surface area contributed by atoms with E-state index in [0.717, 1.165) is 12.8 Å². The molecule has 2 aromatic rings. The van der Waals surface area contributed by atoms with Gasteiger partial charge in [0.05, 0.1) is 12.3 Å². The van der Waals surface area contributed by atoms with Crippen molar-refractivity contribution < 1.29 is 23.1 Å². The van der Waals surface area contributed by atoms with Crippen LogP contribution < -0.4 is 15.0 Å². The molecule has 31 heavy (non-hydrogen) atoms. The number of ketones is 1. The molecular weight excluding hydrogens is 404 g/mol. The average molecular weight is 431 g/mol. The summed E-state index contributed by atoms with van der Waals surface area (Å²) in [5.41, 5.74) is 0.800. The van der Waals surface area contributed by atoms with Crippen LogP contribution in [0, 0.1) is 11.6 Å². The topological polar surface area (TPSA) is 61.9 Å². The normalized spacial score (nSPS) is 13.8. The lowest BCUT2D eigenvalue weighted by Crippen LogP contribution is -2.52. The molecule has 0 saturated carbocycles. The van der Waals surface area contributed by atoms with Crippen LogP contribution in [0.1, 0.15) is 30.1 Å². The fourth-order valence-corrected chi connectivity index (χ4v) is 3.39. The van der Waals surface area contributed by atoms with Crippen molar-refractivity contribution in [3.8, 4) is 5.75 Å². The molecule has 1 aliphatic rings. The van der Waals surface area contributed by atoms with Crippen LogP contribution in [0.4, 0.5) is 19.3 Å². The first kappa shape index (κ1) is 22.5. The van der Waals surface area contributed by atoms with Gasteiger partial charge in [-0.1, -0.05) is 0 Å². The summed E-state index contributed by atoms with van der Waals surface area (Å²) in [5.74, 6) is -0.273. The standard InChI is InChI=1S/C23H27F2N3O3/c1-17(29)18-4-9-22(21(25)16-18)27-11-13-28(14-12-27)23(30)26-10-2-3-15-31-20-7-5-19(24)6-8-20/h4-9,16H,2-3,10-15H2,1H3,(H,26,30). The van der Waals surface area contributed by atoms with Crippen molar-refractivity contribution in [1.82, 2.24) is 10.2 Å². The third kappa shape index (κ3) is 6.41. The average Bonchev–Trinajstić information content (AvgIpc) is 2.77. The Hall–Kier alpha value is -3.16. The molecule has 0 aromatic heterocycles. The third-order valence-corrected chi connectivity index (χ3v) is 5.19. The summed E-state index contributed by atoms with van der Waals surface area (Å²) in [6.45, 7) is 4.47. The number of urea groups is 1. The number of ether oxygens (including phenoxy) is 1. The van der Waals surface area contributed by atoms with Crippen molar-refractivity contribution in [3.05, 3.63) is 59.7 Å². The highest BCUT2D eigenvalue weighted by Crippen LogP contribution is 2.22. The number of benzene rings is 2. The summed E-state index contributed by atoms with van der Waals surface area (Å²) in [4.78, 5) is 27.3. The van der Waals surface area contributed by atoms with Crippen LogP contribution in [0.2, 0.25) is 0 Å². The van der Waals surface area contributed by atoms with Crippen LogP contribution in [-0.2, 0) is 0 Å². The summed E-state index contributed by atoms with van der Waals surface area (Å²) < 4.78 is 32.7. The van der Waals surface area contributed by atoms with E-state index in [1.54, 1.807) is 29.2 Å². The number of Topliss-reactive ketones (excluding diaryl/α,β-unsaturated/α-hetero) is 1. The van der Waals surface area contributed by atoms with Gasteiger partial charge in [-0.3, -0.25) is 4.79 Å². The highest BCUT2D eigenvalue weighted by molar-refractivity contribution is 5.94. The number of hydrogen-bond acceptors (Lipinski definition) is 4. The van der Waals surface area contributed by atoms with E-state index in [4.69, 9.17) is 4.74 Å². The van der Waals surface area contributed by atoms with E-state index in [1.165, 1.54) is 25.1 Å². The first-order valence-corrected chi connectivity index (χ1v) is 10.4. The fourth-order valence-electron chi connectivity index (χ4n) is 3.39. The lowest BCUT2D eigenvalue weighted by atomic mass is 10.1. The molecule has 8 heteroatoms. The Balaban J connectivity index is 1.34. The Labute approximate surface area is 180 Å². The molecule has 1 N–H and O–H groups in total. The summed E-state index contributed by atoms with van der Waals surface area (Å²) in [6, 6.07) is 10.2. The minimum atomic E-state index is -0.423. The second kappa shape index (κ2) is 10.7. The number of rotatable bonds is 8. The van der Waals surface area contributed by atoms with Crippen molar-refractivity contribution in [3.63, 3.8) is 0 Å². The Morgan fingerprint density at radius 3 is 2.35 bits per heavy atom. The monoisotopic (exact) mass is 431 g/mol. The van der Waals surface area contributed by atoms with E-state index in [1.807, 2.05) is 4.90 Å². The van der Waals surface area contributed by atoms with E-state index in [-0.39, 0.29) is 17.6 Å². The minimum Gasteiger partial charge on any atom is -0.494 e. The van der Waals surface area contributed by atoms with Gasteiger partial charge in [-0.2, -0.15) is 0 Å². The van der Waals surface area contributed by atoms with Crippen LogP contribution in [0.15, 0.2) is 42.5 Å². The summed E-state index contributed by atoms with van der Waals surface area (Å²) in [7, 11) is 0.